The van der Waals surface area contributed by atoms with Crippen molar-refractivity contribution in [3.05, 3.63) is 28.1 Å². The zero-order chi connectivity index (χ0) is 16.0. The molecule has 2 rings (SSSR count). The zero-order valence-electron chi connectivity index (χ0n) is 10.2. The smallest absolute Gasteiger partial charge is 0.298 e. The van der Waals surface area contributed by atoms with E-state index in [4.69, 9.17) is 0 Å². The Hall–Kier alpha value is -1.78. The Morgan fingerprint density at radius 1 is 1.29 bits per heavy atom. The van der Waals surface area contributed by atoms with E-state index in [1.807, 2.05) is 0 Å². The lowest BCUT2D eigenvalue weighted by atomic mass is 10.1. The lowest BCUT2D eigenvalue weighted by molar-refractivity contribution is -0.291. The van der Waals surface area contributed by atoms with Gasteiger partial charge in [-0.1, -0.05) is 0 Å². The topological polar surface area (TPSA) is 52.7 Å². The lowest BCUT2D eigenvalue weighted by Gasteiger charge is -2.17. The van der Waals surface area contributed by atoms with E-state index in [0.717, 1.165) is 16.4 Å². The number of aldehydes is 1. The number of carbonyl (C=O) groups excluding carboxylic acids is 1. The van der Waals surface area contributed by atoms with Gasteiger partial charge in [0.15, 0.2) is 17.8 Å². The monoisotopic (exact) mass is 372 g/mol. The number of aromatic nitrogens is 4. The molecule has 0 spiro atoms. The highest BCUT2D eigenvalue weighted by atomic mass is 79.9. The molecule has 11 heteroatoms. The number of carbonyl (C=O) groups is 1. The van der Waals surface area contributed by atoms with Gasteiger partial charge in [-0.05, 0) is 15.9 Å². The zero-order valence-corrected chi connectivity index (χ0v) is 11.8. The van der Waals surface area contributed by atoms with Crippen molar-refractivity contribution in [1.29, 1.82) is 0 Å². The molecule has 0 unspecified atom stereocenters. The van der Waals surface area contributed by atoms with Crippen LogP contribution in [0.1, 0.15) is 16.1 Å². The van der Waals surface area contributed by atoms with Gasteiger partial charge in [0.05, 0.1) is 16.2 Å². The molecule has 0 radical (unpaired) electrons. The van der Waals surface area contributed by atoms with Crippen LogP contribution >= 0.6 is 15.9 Å². The third-order valence-electron chi connectivity index (χ3n) is 2.59. The molecule has 0 N–H and O–H groups in total. The third-order valence-corrected chi connectivity index (χ3v) is 3.00. The average Bonchev–Trinajstić information content (AvgIpc) is 2.91. The fourth-order valence-electron chi connectivity index (χ4n) is 1.69. The molecule has 21 heavy (non-hydrogen) atoms. The third kappa shape index (κ3) is 2.45. The van der Waals surface area contributed by atoms with Crippen LogP contribution in [0.15, 0.2) is 16.9 Å². The Kier molecular flexibility index (Phi) is 3.64. The van der Waals surface area contributed by atoms with Crippen LogP contribution in [0, 0.1) is 0 Å². The predicted octanol–water partition coefficient (Wildman–Crippen LogP) is 2.83. The Labute approximate surface area is 122 Å². The minimum absolute atomic E-state index is 0.104. The van der Waals surface area contributed by atoms with Crippen LogP contribution in [0.25, 0.3) is 5.82 Å². The molecular formula is C10H6BrF5N4O. The van der Waals surface area contributed by atoms with Gasteiger partial charge in [0.1, 0.15) is 0 Å². The van der Waals surface area contributed by atoms with Gasteiger partial charge in [-0.15, -0.1) is 0 Å². The Morgan fingerprint density at radius 2 is 1.90 bits per heavy atom. The molecule has 0 fully saturated rings. The molecule has 2 aromatic heterocycles. The fourth-order valence-corrected chi connectivity index (χ4v) is 1.98. The second kappa shape index (κ2) is 4.90. The maximum atomic E-state index is 13.4. The van der Waals surface area contributed by atoms with Crippen molar-refractivity contribution >= 4 is 22.2 Å². The van der Waals surface area contributed by atoms with E-state index < -0.39 is 23.4 Å². The second-order valence-electron chi connectivity index (χ2n) is 4.00. The van der Waals surface area contributed by atoms with Crippen LogP contribution in [0.5, 0.6) is 0 Å². The number of nitrogens with zero attached hydrogens (tertiary/aromatic N) is 4. The molecular weight excluding hydrogens is 367 g/mol. The van der Waals surface area contributed by atoms with Crippen LogP contribution in [0.3, 0.4) is 0 Å². The predicted molar refractivity (Wildman–Crippen MR) is 63.4 cm³/mol. The van der Waals surface area contributed by atoms with Gasteiger partial charge in [-0.25, -0.2) is 9.36 Å². The van der Waals surface area contributed by atoms with E-state index >= 15 is 0 Å². The standard InChI is InChI=1S/C10H6BrF5N4O/c1-19-8(20-3-5(11)2-17-20)6(4-21)7(18-19)9(12,13)10(14,15)16/h2-4H,1H3. The highest BCUT2D eigenvalue weighted by Gasteiger charge is 2.62. The molecule has 0 aliphatic carbocycles. The van der Waals surface area contributed by atoms with Crippen molar-refractivity contribution in [2.24, 2.45) is 7.05 Å². The van der Waals surface area contributed by atoms with Crippen molar-refractivity contribution < 1.29 is 26.7 Å². The highest BCUT2D eigenvalue weighted by molar-refractivity contribution is 9.10. The van der Waals surface area contributed by atoms with E-state index in [1.165, 1.54) is 12.4 Å². The number of hydrogen-bond acceptors (Lipinski definition) is 3. The van der Waals surface area contributed by atoms with E-state index in [9.17, 15) is 26.7 Å². The quantitative estimate of drug-likeness (QED) is 0.614. The first-order valence-electron chi connectivity index (χ1n) is 5.27. The van der Waals surface area contributed by atoms with Crippen molar-refractivity contribution in [3.63, 3.8) is 0 Å². The highest BCUT2D eigenvalue weighted by Crippen LogP contribution is 2.44. The summed E-state index contributed by atoms with van der Waals surface area (Å²) in [5.74, 6) is -5.54. The minimum atomic E-state index is -5.86. The summed E-state index contributed by atoms with van der Waals surface area (Å²) in [4.78, 5) is 11.0. The van der Waals surface area contributed by atoms with Gasteiger partial charge in [0, 0.05) is 13.2 Å². The van der Waals surface area contributed by atoms with Crippen molar-refractivity contribution in [2.45, 2.75) is 12.1 Å². The van der Waals surface area contributed by atoms with E-state index in [1.54, 1.807) is 0 Å². The van der Waals surface area contributed by atoms with Gasteiger partial charge in [-0.2, -0.15) is 32.1 Å². The number of aryl methyl sites for hydroxylation is 1. The SMILES string of the molecule is Cn1nc(C(F)(F)C(F)(F)F)c(C=O)c1-n1cc(Br)cn1. The molecule has 0 aromatic carbocycles. The van der Waals surface area contributed by atoms with Gasteiger partial charge in [0.25, 0.3) is 0 Å². The maximum absolute atomic E-state index is 13.4. The lowest BCUT2D eigenvalue weighted by Crippen LogP contribution is -2.35. The van der Waals surface area contributed by atoms with E-state index in [2.05, 4.69) is 26.1 Å². The summed E-state index contributed by atoms with van der Waals surface area (Å²) in [6.45, 7) is 0. The molecule has 0 aliphatic rings. The van der Waals surface area contributed by atoms with Gasteiger partial charge in [-0.3, -0.25) is 4.79 Å². The summed E-state index contributed by atoms with van der Waals surface area (Å²) in [6, 6.07) is 0. The number of rotatable bonds is 3. The molecule has 2 aromatic rings. The van der Waals surface area contributed by atoms with Crippen molar-refractivity contribution in [3.8, 4) is 5.82 Å². The van der Waals surface area contributed by atoms with Gasteiger partial charge < -0.3 is 0 Å². The van der Waals surface area contributed by atoms with Crippen LogP contribution in [-0.4, -0.2) is 32.0 Å². The van der Waals surface area contributed by atoms with E-state index in [-0.39, 0.29) is 12.1 Å². The molecule has 0 saturated heterocycles. The molecule has 0 aliphatic heterocycles. The summed E-state index contributed by atoms with van der Waals surface area (Å²) >= 11 is 3.05. The molecule has 0 saturated carbocycles. The first-order chi connectivity index (χ1) is 9.59. The maximum Gasteiger partial charge on any atom is 0.459 e. The molecule has 2 heterocycles. The summed E-state index contributed by atoms with van der Waals surface area (Å²) in [5.41, 5.74) is -2.54. The van der Waals surface area contributed by atoms with Crippen molar-refractivity contribution in [2.75, 3.05) is 0 Å². The molecule has 0 atom stereocenters. The van der Waals surface area contributed by atoms with Gasteiger partial charge in [0.2, 0.25) is 0 Å². The minimum Gasteiger partial charge on any atom is -0.298 e. The van der Waals surface area contributed by atoms with Gasteiger partial charge >= 0.3 is 12.1 Å². The Morgan fingerprint density at radius 3 is 2.33 bits per heavy atom. The first-order valence-corrected chi connectivity index (χ1v) is 6.06. The molecule has 0 bridgehead atoms. The number of alkyl halides is 5. The summed E-state index contributed by atoms with van der Waals surface area (Å²) < 4.78 is 66.3. The summed E-state index contributed by atoms with van der Waals surface area (Å²) in [7, 11) is 1.13. The van der Waals surface area contributed by atoms with Crippen LogP contribution in [0.4, 0.5) is 22.0 Å². The molecule has 114 valence electrons. The summed E-state index contributed by atoms with van der Waals surface area (Å²) in [6.07, 6.45) is -3.39. The normalized spacial score (nSPS) is 12.7. The largest absolute Gasteiger partial charge is 0.459 e. The number of hydrogen-bond donors (Lipinski definition) is 0. The average molecular weight is 373 g/mol. The Bertz CT molecular complexity index is 690. The second-order valence-corrected chi connectivity index (χ2v) is 4.92. The summed E-state index contributed by atoms with van der Waals surface area (Å²) in [5, 5.41) is 6.88. The van der Waals surface area contributed by atoms with Crippen LogP contribution < -0.4 is 0 Å². The molecule has 5 nitrogen and oxygen atoms in total. The fraction of sp³-hybridized carbons (Fsp3) is 0.300. The Balaban J connectivity index is 2.70. The first kappa shape index (κ1) is 15.6. The number of halogens is 6. The van der Waals surface area contributed by atoms with Crippen LogP contribution in [-0.2, 0) is 13.0 Å². The van der Waals surface area contributed by atoms with E-state index in [0.29, 0.717) is 4.47 Å². The van der Waals surface area contributed by atoms with Crippen LogP contribution in [0.2, 0.25) is 0 Å². The molecule has 0 amide bonds. The van der Waals surface area contributed by atoms with Crippen molar-refractivity contribution in [1.82, 2.24) is 19.6 Å².